The van der Waals surface area contributed by atoms with Crippen molar-refractivity contribution in [1.82, 2.24) is 15.5 Å². The molecule has 0 unspecified atom stereocenters. The van der Waals surface area contributed by atoms with Gasteiger partial charge in [0.25, 0.3) is 5.91 Å². The number of benzene rings is 2. The van der Waals surface area contributed by atoms with E-state index in [0.29, 0.717) is 28.7 Å². The lowest BCUT2D eigenvalue weighted by Crippen LogP contribution is -2.25. The van der Waals surface area contributed by atoms with Gasteiger partial charge in [0.2, 0.25) is 11.0 Å². The number of nitrogens with zero attached hydrogens (tertiary/aromatic N) is 2. The van der Waals surface area contributed by atoms with Crippen LogP contribution in [0.2, 0.25) is 5.02 Å². The first-order valence-corrected chi connectivity index (χ1v) is 11.1. The highest BCUT2D eigenvalue weighted by Crippen LogP contribution is 2.28. The molecule has 0 fully saturated rings. The lowest BCUT2D eigenvalue weighted by molar-refractivity contribution is -0.116. The Bertz CT molecular complexity index is 949. The predicted octanol–water partition coefficient (Wildman–Crippen LogP) is 4.63. The Morgan fingerprint density at radius 2 is 1.79 bits per heavy atom. The molecule has 0 atom stereocenters. The van der Waals surface area contributed by atoms with Gasteiger partial charge in [0, 0.05) is 29.3 Å². The quantitative estimate of drug-likeness (QED) is 0.284. The van der Waals surface area contributed by atoms with Crippen molar-refractivity contribution in [3.05, 3.63) is 70.7 Å². The fraction of sp³-hybridized carbons (Fsp3) is 0.200. The maximum atomic E-state index is 12.0. The van der Waals surface area contributed by atoms with Crippen LogP contribution in [0, 0.1) is 0 Å². The normalized spacial score (nSPS) is 10.5. The minimum Gasteiger partial charge on any atom is -0.352 e. The van der Waals surface area contributed by atoms with Crippen LogP contribution in [-0.4, -0.2) is 28.6 Å². The molecule has 0 saturated heterocycles. The van der Waals surface area contributed by atoms with Gasteiger partial charge in [0.15, 0.2) is 4.34 Å². The summed E-state index contributed by atoms with van der Waals surface area (Å²) in [6.45, 7) is 0.406. The zero-order valence-electron chi connectivity index (χ0n) is 15.4. The monoisotopic (exact) mass is 446 g/mol. The standard InChI is InChI=1S/C20H19ClN4O2S2/c21-16-10-8-15(9-11-16)18(27)22-12-4-7-17(26)23-19-24-25-20(29-19)28-13-14-5-2-1-3-6-14/h1-3,5-6,8-11H,4,7,12-13H2,(H,22,27)(H,23,24,26). The molecule has 0 aliphatic heterocycles. The first-order valence-electron chi connectivity index (χ1n) is 8.94. The van der Waals surface area contributed by atoms with Gasteiger partial charge in [0.05, 0.1) is 0 Å². The number of halogens is 1. The number of hydrogen-bond donors (Lipinski definition) is 2. The van der Waals surface area contributed by atoms with Crippen LogP contribution in [-0.2, 0) is 10.5 Å². The largest absolute Gasteiger partial charge is 0.352 e. The fourth-order valence-electron chi connectivity index (χ4n) is 2.37. The number of aromatic nitrogens is 2. The first kappa shape index (κ1) is 21.3. The highest BCUT2D eigenvalue weighted by Gasteiger charge is 2.10. The Hall–Kier alpha value is -2.42. The van der Waals surface area contributed by atoms with Crippen molar-refractivity contribution in [1.29, 1.82) is 0 Å². The zero-order chi connectivity index (χ0) is 20.5. The van der Waals surface area contributed by atoms with E-state index < -0.39 is 0 Å². The fourth-order valence-corrected chi connectivity index (χ4v) is 4.22. The Morgan fingerprint density at radius 3 is 2.55 bits per heavy atom. The summed E-state index contributed by atoms with van der Waals surface area (Å²) >= 11 is 8.74. The second-order valence-corrected chi connectivity index (χ2v) is 8.70. The minimum atomic E-state index is -0.189. The number of thioether (sulfide) groups is 1. The maximum absolute atomic E-state index is 12.0. The van der Waals surface area contributed by atoms with Crippen LogP contribution in [0.3, 0.4) is 0 Å². The first-order chi connectivity index (χ1) is 14.1. The second-order valence-electron chi connectivity index (χ2n) is 6.06. The third kappa shape index (κ3) is 7.16. The van der Waals surface area contributed by atoms with E-state index in [1.807, 2.05) is 18.2 Å². The van der Waals surface area contributed by atoms with Crippen LogP contribution >= 0.6 is 34.7 Å². The molecule has 0 radical (unpaired) electrons. The summed E-state index contributed by atoms with van der Waals surface area (Å²) < 4.78 is 0.805. The molecule has 3 rings (SSSR count). The molecule has 150 valence electrons. The molecule has 29 heavy (non-hydrogen) atoms. The molecule has 2 amide bonds. The van der Waals surface area contributed by atoms with Gasteiger partial charge < -0.3 is 10.6 Å². The number of anilines is 1. The number of carbonyl (C=O) groups is 2. The van der Waals surface area contributed by atoms with Gasteiger partial charge >= 0.3 is 0 Å². The van der Waals surface area contributed by atoms with Gasteiger partial charge in [-0.05, 0) is 36.2 Å². The van der Waals surface area contributed by atoms with Crippen molar-refractivity contribution in [3.8, 4) is 0 Å². The van der Waals surface area contributed by atoms with Crippen molar-refractivity contribution in [2.45, 2.75) is 22.9 Å². The summed E-state index contributed by atoms with van der Waals surface area (Å²) in [5, 5.41) is 14.7. The van der Waals surface area contributed by atoms with Gasteiger partial charge in [-0.2, -0.15) is 0 Å². The second kappa shape index (κ2) is 10.9. The number of rotatable bonds is 9. The maximum Gasteiger partial charge on any atom is 0.251 e. The van der Waals surface area contributed by atoms with Gasteiger partial charge in [-0.3, -0.25) is 9.59 Å². The van der Waals surface area contributed by atoms with E-state index in [1.165, 1.54) is 16.9 Å². The molecule has 2 N–H and O–H groups in total. The molecule has 3 aromatic rings. The summed E-state index contributed by atoms with van der Waals surface area (Å²) in [4.78, 5) is 24.0. The summed E-state index contributed by atoms with van der Waals surface area (Å²) in [5.41, 5.74) is 1.74. The van der Waals surface area contributed by atoms with E-state index in [9.17, 15) is 9.59 Å². The van der Waals surface area contributed by atoms with Gasteiger partial charge in [-0.1, -0.05) is 65.0 Å². The Balaban J connectivity index is 1.35. The molecule has 0 aliphatic rings. The SMILES string of the molecule is O=C(CCCNC(=O)c1ccc(Cl)cc1)Nc1nnc(SCc2ccccc2)s1. The minimum absolute atomic E-state index is 0.151. The molecule has 6 nitrogen and oxygen atoms in total. The summed E-state index contributed by atoms with van der Waals surface area (Å²) in [6.07, 6.45) is 0.812. The van der Waals surface area contributed by atoms with Gasteiger partial charge in [-0.15, -0.1) is 10.2 Å². The Kier molecular flexibility index (Phi) is 8.03. The Morgan fingerprint density at radius 1 is 1.03 bits per heavy atom. The predicted molar refractivity (Wildman–Crippen MR) is 118 cm³/mol. The van der Waals surface area contributed by atoms with E-state index in [4.69, 9.17) is 11.6 Å². The smallest absolute Gasteiger partial charge is 0.251 e. The van der Waals surface area contributed by atoms with Crippen molar-refractivity contribution in [2.75, 3.05) is 11.9 Å². The molecule has 1 aromatic heterocycles. The number of hydrogen-bond acceptors (Lipinski definition) is 6. The van der Waals surface area contributed by atoms with Crippen LogP contribution in [0.5, 0.6) is 0 Å². The third-order valence-corrected chi connectivity index (χ3v) is 6.13. The summed E-state index contributed by atoms with van der Waals surface area (Å²) in [7, 11) is 0. The molecule has 2 aromatic carbocycles. The van der Waals surface area contributed by atoms with Crippen LogP contribution in [0.1, 0.15) is 28.8 Å². The highest BCUT2D eigenvalue weighted by molar-refractivity contribution is 8.00. The molecule has 0 aliphatic carbocycles. The summed E-state index contributed by atoms with van der Waals surface area (Å²) in [6, 6.07) is 16.7. The Labute approximate surface area is 182 Å². The van der Waals surface area contributed by atoms with E-state index in [2.05, 4.69) is 33.0 Å². The van der Waals surface area contributed by atoms with Crippen molar-refractivity contribution >= 4 is 51.6 Å². The molecule has 0 bridgehead atoms. The van der Waals surface area contributed by atoms with Crippen molar-refractivity contribution in [3.63, 3.8) is 0 Å². The van der Waals surface area contributed by atoms with Crippen LogP contribution < -0.4 is 10.6 Å². The van der Waals surface area contributed by atoms with Gasteiger partial charge in [0.1, 0.15) is 0 Å². The molecule has 0 saturated carbocycles. The molecule has 1 heterocycles. The van der Waals surface area contributed by atoms with E-state index in [-0.39, 0.29) is 18.2 Å². The lowest BCUT2D eigenvalue weighted by atomic mass is 10.2. The molecular formula is C20H19ClN4O2S2. The number of nitrogens with one attached hydrogen (secondary N) is 2. The topological polar surface area (TPSA) is 84.0 Å². The number of amides is 2. The summed E-state index contributed by atoms with van der Waals surface area (Å²) in [5.74, 6) is 0.462. The average molecular weight is 447 g/mol. The van der Waals surface area contributed by atoms with Crippen LogP contribution in [0.4, 0.5) is 5.13 Å². The average Bonchev–Trinajstić information content (AvgIpc) is 3.18. The van der Waals surface area contributed by atoms with Gasteiger partial charge in [-0.25, -0.2) is 0 Å². The number of carbonyl (C=O) groups excluding carboxylic acids is 2. The van der Waals surface area contributed by atoms with Crippen LogP contribution in [0.15, 0.2) is 58.9 Å². The molecule has 0 spiro atoms. The van der Waals surface area contributed by atoms with Crippen molar-refractivity contribution in [2.24, 2.45) is 0 Å². The van der Waals surface area contributed by atoms with E-state index in [1.54, 1.807) is 36.0 Å². The third-order valence-electron chi connectivity index (χ3n) is 3.83. The molecule has 9 heteroatoms. The highest BCUT2D eigenvalue weighted by atomic mass is 35.5. The van der Waals surface area contributed by atoms with E-state index in [0.717, 1.165) is 10.1 Å². The lowest BCUT2D eigenvalue weighted by Gasteiger charge is -2.05. The van der Waals surface area contributed by atoms with Crippen LogP contribution in [0.25, 0.3) is 0 Å². The van der Waals surface area contributed by atoms with E-state index >= 15 is 0 Å². The molecular weight excluding hydrogens is 428 g/mol. The zero-order valence-corrected chi connectivity index (χ0v) is 17.8. The van der Waals surface area contributed by atoms with Crippen molar-refractivity contribution < 1.29 is 9.59 Å².